The van der Waals surface area contributed by atoms with Crippen LogP contribution in [-0.4, -0.2) is 35.4 Å². The highest BCUT2D eigenvalue weighted by Gasteiger charge is 2.18. The molecule has 4 aromatic rings. The zero-order valence-electron chi connectivity index (χ0n) is 20.1. The van der Waals surface area contributed by atoms with Crippen LogP contribution >= 0.6 is 11.8 Å². The van der Waals surface area contributed by atoms with Crippen molar-refractivity contribution in [2.45, 2.75) is 24.9 Å². The van der Waals surface area contributed by atoms with Crippen LogP contribution < -0.4 is 20.3 Å². The van der Waals surface area contributed by atoms with Gasteiger partial charge in [0.15, 0.2) is 5.16 Å². The van der Waals surface area contributed by atoms with Crippen molar-refractivity contribution in [3.63, 3.8) is 0 Å². The molecule has 0 radical (unpaired) electrons. The van der Waals surface area contributed by atoms with Crippen molar-refractivity contribution in [3.05, 3.63) is 82.6 Å². The van der Waals surface area contributed by atoms with Crippen LogP contribution in [-0.2, 0) is 4.79 Å². The molecule has 3 aromatic carbocycles. The Morgan fingerprint density at radius 2 is 1.77 bits per heavy atom. The van der Waals surface area contributed by atoms with Crippen LogP contribution in [0.4, 0.5) is 5.69 Å². The number of nitrogens with zero attached hydrogens (tertiary/aromatic N) is 2. The molecular formula is C27H27N3O4S. The molecule has 0 aliphatic rings. The molecule has 0 atom stereocenters. The molecule has 0 unspecified atom stereocenters. The maximum absolute atomic E-state index is 13.6. The number of carbonyl (C=O) groups excluding carboxylic acids is 1. The monoisotopic (exact) mass is 489 g/mol. The first-order valence-electron chi connectivity index (χ1n) is 11.2. The summed E-state index contributed by atoms with van der Waals surface area (Å²) < 4.78 is 12.2. The van der Waals surface area contributed by atoms with Crippen LogP contribution in [0, 0.1) is 0 Å². The van der Waals surface area contributed by atoms with Crippen molar-refractivity contribution < 1.29 is 14.3 Å². The molecule has 7 nitrogen and oxygen atoms in total. The molecule has 0 aliphatic carbocycles. The van der Waals surface area contributed by atoms with E-state index in [-0.39, 0.29) is 23.1 Å². The highest BCUT2D eigenvalue weighted by atomic mass is 32.2. The zero-order chi connectivity index (χ0) is 24.9. The summed E-state index contributed by atoms with van der Waals surface area (Å²) in [5.41, 5.74) is 2.76. The van der Waals surface area contributed by atoms with E-state index in [1.54, 1.807) is 35.9 Å². The van der Waals surface area contributed by atoms with Crippen molar-refractivity contribution in [3.8, 4) is 17.2 Å². The maximum atomic E-state index is 13.6. The maximum Gasteiger partial charge on any atom is 0.266 e. The molecule has 0 spiro atoms. The average Bonchev–Trinajstić information content (AvgIpc) is 2.87. The number of amides is 1. The van der Waals surface area contributed by atoms with E-state index in [0.29, 0.717) is 33.2 Å². The summed E-state index contributed by atoms with van der Waals surface area (Å²) >= 11 is 1.21. The van der Waals surface area contributed by atoms with E-state index in [0.717, 1.165) is 11.3 Å². The topological polar surface area (TPSA) is 82.5 Å². The molecule has 35 heavy (non-hydrogen) atoms. The van der Waals surface area contributed by atoms with Gasteiger partial charge in [0.1, 0.15) is 11.5 Å². The molecule has 0 fully saturated rings. The number of para-hydroxylation sites is 2. The van der Waals surface area contributed by atoms with Crippen molar-refractivity contribution >= 4 is 34.3 Å². The molecule has 0 saturated heterocycles. The molecular weight excluding hydrogens is 462 g/mol. The summed E-state index contributed by atoms with van der Waals surface area (Å²) in [5, 5.41) is 3.86. The molecule has 0 aliphatic heterocycles. The van der Waals surface area contributed by atoms with Gasteiger partial charge in [-0.05, 0) is 41.8 Å². The number of fused-ring (bicyclic) bond motifs is 1. The van der Waals surface area contributed by atoms with Crippen LogP contribution in [0.15, 0.2) is 76.7 Å². The van der Waals surface area contributed by atoms with E-state index in [2.05, 4.69) is 19.2 Å². The summed E-state index contributed by atoms with van der Waals surface area (Å²) in [4.78, 5) is 31.2. The fourth-order valence-corrected chi connectivity index (χ4v) is 4.62. The molecule has 0 bridgehead atoms. The number of hydrogen-bond acceptors (Lipinski definition) is 6. The van der Waals surface area contributed by atoms with E-state index in [1.165, 1.54) is 18.9 Å². The second-order valence-electron chi connectivity index (χ2n) is 8.17. The van der Waals surface area contributed by atoms with E-state index in [1.807, 2.05) is 42.5 Å². The van der Waals surface area contributed by atoms with Crippen molar-refractivity contribution in [1.29, 1.82) is 0 Å². The van der Waals surface area contributed by atoms with Crippen LogP contribution in [0.5, 0.6) is 11.5 Å². The quantitative estimate of drug-likeness (QED) is 0.269. The predicted molar refractivity (Wildman–Crippen MR) is 140 cm³/mol. The zero-order valence-corrected chi connectivity index (χ0v) is 20.9. The van der Waals surface area contributed by atoms with Gasteiger partial charge in [-0.1, -0.05) is 55.9 Å². The van der Waals surface area contributed by atoms with Crippen molar-refractivity contribution in [2.24, 2.45) is 0 Å². The lowest BCUT2D eigenvalue weighted by Gasteiger charge is -2.18. The van der Waals surface area contributed by atoms with Crippen LogP contribution in [0.1, 0.15) is 25.3 Å². The standard InChI is InChI=1S/C27H27N3O4S/c1-17(2)19-9-6-8-12-23(19)30-26(32)20-10-5-7-11-21(20)29-27(30)35-16-25(31)28-22-14-13-18(33-3)15-24(22)34-4/h5-15,17H,16H2,1-4H3,(H,28,31). The van der Waals surface area contributed by atoms with Crippen LogP contribution in [0.3, 0.4) is 0 Å². The number of ether oxygens (including phenoxy) is 2. The summed E-state index contributed by atoms with van der Waals surface area (Å²) in [6.07, 6.45) is 0. The highest BCUT2D eigenvalue weighted by molar-refractivity contribution is 7.99. The molecule has 1 N–H and O–H groups in total. The Bertz CT molecular complexity index is 1430. The van der Waals surface area contributed by atoms with E-state index >= 15 is 0 Å². The smallest absolute Gasteiger partial charge is 0.266 e. The third-order valence-electron chi connectivity index (χ3n) is 5.56. The van der Waals surface area contributed by atoms with Gasteiger partial charge in [0.25, 0.3) is 5.56 Å². The fraction of sp³-hybridized carbons (Fsp3) is 0.222. The highest BCUT2D eigenvalue weighted by Crippen LogP contribution is 2.30. The van der Waals surface area contributed by atoms with E-state index < -0.39 is 0 Å². The van der Waals surface area contributed by atoms with Gasteiger partial charge in [-0.25, -0.2) is 4.98 Å². The van der Waals surface area contributed by atoms with Crippen LogP contribution in [0.25, 0.3) is 16.6 Å². The van der Waals surface area contributed by atoms with Crippen molar-refractivity contribution in [1.82, 2.24) is 9.55 Å². The molecule has 180 valence electrons. The number of hydrogen-bond donors (Lipinski definition) is 1. The molecule has 8 heteroatoms. The molecule has 1 heterocycles. The van der Waals surface area contributed by atoms with Crippen LogP contribution in [0.2, 0.25) is 0 Å². The summed E-state index contributed by atoms with van der Waals surface area (Å²) in [7, 11) is 3.10. The van der Waals surface area contributed by atoms with Gasteiger partial charge >= 0.3 is 0 Å². The third kappa shape index (κ3) is 5.17. The largest absolute Gasteiger partial charge is 0.497 e. The first-order chi connectivity index (χ1) is 16.9. The SMILES string of the molecule is COc1ccc(NC(=O)CSc2nc3ccccc3c(=O)n2-c2ccccc2C(C)C)c(OC)c1. The Labute approximate surface area is 208 Å². The Hall–Kier alpha value is -3.78. The first-order valence-corrected chi connectivity index (χ1v) is 12.2. The summed E-state index contributed by atoms with van der Waals surface area (Å²) in [6.45, 7) is 4.17. The third-order valence-corrected chi connectivity index (χ3v) is 6.50. The number of methoxy groups -OCH3 is 2. The molecule has 1 amide bonds. The number of benzene rings is 3. The minimum atomic E-state index is -0.246. The van der Waals surface area contributed by atoms with Gasteiger partial charge in [-0.3, -0.25) is 14.2 Å². The summed E-state index contributed by atoms with van der Waals surface area (Å²) in [6, 6.07) is 20.2. The minimum Gasteiger partial charge on any atom is -0.497 e. The van der Waals surface area contributed by atoms with Gasteiger partial charge in [0.2, 0.25) is 5.91 Å². The van der Waals surface area contributed by atoms with Gasteiger partial charge in [-0.15, -0.1) is 0 Å². The molecule has 0 saturated carbocycles. The Morgan fingerprint density at radius 3 is 2.51 bits per heavy atom. The Kier molecular flexibility index (Phi) is 7.41. The number of rotatable bonds is 8. The lowest BCUT2D eigenvalue weighted by Crippen LogP contribution is -2.24. The fourth-order valence-electron chi connectivity index (χ4n) is 3.82. The average molecular weight is 490 g/mol. The van der Waals surface area contributed by atoms with Gasteiger partial charge in [0.05, 0.1) is 42.3 Å². The second kappa shape index (κ2) is 10.7. The molecule has 1 aromatic heterocycles. The van der Waals surface area contributed by atoms with Gasteiger partial charge < -0.3 is 14.8 Å². The van der Waals surface area contributed by atoms with Gasteiger partial charge in [0, 0.05) is 6.07 Å². The lowest BCUT2D eigenvalue weighted by molar-refractivity contribution is -0.113. The number of nitrogens with one attached hydrogen (secondary N) is 1. The Morgan fingerprint density at radius 1 is 1.03 bits per heavy atom. The summed E-state index contributed by atoms with van der Waals surface area (Å²) in [5.74, 6) is 1.14. The molecule has 4 rings (SSSR count). The number of thioether (sulfide) groups is 1. The lowest BCUT2D eigenvalue weighted by atomic mass is 10.0. The number of aromatic nitrogens is 2. The van der Waals surface area contributed by atoms with Crippen molar-refractivity contribution in [2.75, 3.05) is 25.3 Å². The normalized spacial score (nSPS) is 11.0. The second-order valence-corrected chi connectivity index (χ2v) is 9.11. The minimum absolute atomic E-state index is 0.0593. The number of anilines is 1. The van der Waals surface area contributed by atoms with E-state index in [4.69, 9.17) is 14.5 Å². The van der Waals surface area contributed by atoms with Gasteiger partial charge in [-0.2, -0.15) is 0 Å². The predicted octanol–water partition coefficient (Wildman–Crippen LogP) is 5.26. The number of carbonyl (C=O) groups is 1. The first kappa shape index (κ1) is 24.3. The Balaban J connectivity index is 1.69. The van der Waals surface area contributed by atoms with E-state index in [9.17, 15) is 9.59 Å².